The van der Waals surface area contributed by atoms with Crippen molar-refractivity contribution in [2.45, 2.75) is 4.90 Å². The van der Waals surface area contributed by atoms with Gasteiger partial charge in [0.15, 0.2) is 5.82 Å². The lowest BCUT2D eigenvalue weighted by Crippen LogP contribution is -2.14. The van der Waals surface area contributed by atoms with Crippen molar-refractivity contribution in [3.05, 3.63) is 40.6 Å². The van der Waals surface area contributed by atoms with Crippen LogP contribution in [0.3, 0.4) is 0 Å². The summed E-state index contributed by atoms with van der Waals surface area (Å²) >= 11 is 3.06. The molecule has 1 aromatic carbocycles. The first-order valence-electron chi connectivity index (χ1n) is 4.86. The van der Waals surface area contributed by atoms with Gasteiger partial charge in [0.2, 0.25) is 0 Å². The van der Waals surface area contributed by atoms with Gasteiger partial charge in [0.05, 0.1) is 5.56 Å². The standard InChI is InChI=1S/C10H7BrN2O5S/c11-7-2-1-6(10(14)15)5-8(7)19(16,17)13-9-3-4-18-12-9/h1-5H,(H,12,13)(H,14,15). The van der Waals surface area contributed by atoms with Crippen molar-refractivity contribution in [3.8, 4) is 0 Å². The van der Waals surface area contributed by atoms with E-state index in [2.05, 4.69) is 30.3 Å². The van der Waals surface area contributed by atoms with E-state index in [1.165, 1.54) is 24.5 Å². The van der Waals surface area contributed by atoms with Gasteiger partial charge in [0.1, 0.15) is 11.2 Å². The molecular weight excluding hydrogens is 340 g/mol. The third kappa shape index (κ3) is 2.93. The maximum absolute atomic E-state index is 12.1. The Labute approximate surface area is 116 Å². The molecular formula is C10H7BrN2O5S. The third-order valence-corrected chi connectivity index (χ3v) is 4.49. The van der Waals surface area contributed by atoms with E-state index >= 15 is 0 Å². The SMILES string of the molecule is O=C(O)c1ccc(Br)c(S(=O)(=O)Nc2ccon2)c1. The predicted octanol–water partition coefficient (Wildman–Crippen LogP) is 1.94. The normalized spacial score (nSPS) is 11.2. The molecule has 100 valence electrons. The van der Waals surface area contributed by atoms with E-state index in [-0.39, 0.29) is 20.7 Å². The Morgan fingerprint density at radius 3 is 2.68 bits per heavy atom. The molecule has 0 aliphatic carbocycles. The highest BCUT2D eigenvalue weighted by Crippen LogP contribution is 2.25. The molecule has 2 rings (SSSR count). The topological polar surface area (TPSA) is 110 Å². The summed E-state index contributed by atoms with van der Waals surface area (Å²) in [5.41, 5.74) is -0.135. The number of rotatable bonds is 4. The van der Waals surface area contributed by atoms with E-state index < -0.39 is 16.0 Å². The van der Waals surface area contributed by atoms with Crippen molar-refractivity contribution in [1.29, 1.82) is 0 Å². The Morgan fingerprint density at radius 2 is 2.11 bits per heavy atom. The first-order chi connectivity index (χ1) is 8.90. The van der Waals surface area contributed by atoms with Gasteiger partial charge in [-0.3, -0.25) is 4.72 Å². The molecule has 0 fully saturated rings. The molecule has 0 radical (unpaired) electrons. The van der Waals surface area contributed by atoms with Crippen LogP contribution in [0.15, 0.2) is 44.4 Å². The number of nitrogens with zero attached hydrogens (tertiary/aromatic N) is 1. The Morgan fingerprint density at radius 1 is 1.37 bits per heavy atom. The zero-order valence-electron chi connectivity index (χ0n) is 9.20. The molecule has 1 heterocycles. The number of carbonyl (C=O) groups is 1. The summed E-state index contributed by atoms with van der Waals surface area (Å²) < 4.78 is 31.1. The van der Waals surface area contributed by atoms with Crippen molar-refractivity contribution >= 4 is 37.7 Å². The highest BCUT2D eigenvalue weighted by molar-refractivity contribution is 9.10. The average Bonchev–Trinajstić information content (AvgIpc) is 2.81. The number of hydrogen-bond donors (Lipinski definition) is 2. The molecule has 0 bridgehead atoms. The average molecular weight is 347 g/mol. The monoisotopic (exact) mass is 346 g/mol. The first kappa shape index (κ1) is 13.6. The number of aromatic nitrogens is 1. The fraction of sp³-hybridized carbons (Fsp3) is 0. The molecule has 1 aromatic heterocycles. The van der Waals surface area contributed by atoms with Gasteiger partial charge in [-0.05, 0) is 34.1 Å². The van der Waals surface area contributed by atoms with Gasteiger partial charge in [0, 0.05) is 10.5 Å². The molecule has 19 heavy (non-hydrogen) atoms. The van der Waals surface area contributed by atoms with Crippen molar-refractivity contribution in [3.63, 3.8) is 0 Å². The summed E-state index contributed by atoms with van der Waals surface area (Å²) in [6.45, 7) is 0. The summed E-state index contributed by atoms with van der Waals surface area (Å²) in [5, 5.41) is 12.3. The largest absolute Gasteiger partial charge is 0.478 e. The van der Waals surface area contributed by atoms with E-state index in [4.69, 9.17) is 5.11 Å². The van der Waals surface area contributed by atoms with Crippen LogP contribution < -0.4 is 4.72 Å². The molecule has 0 aliphatic heterocycles. The smallest absolute Gasteiger partial charge is 0.335 e. The first-order valence-corrected chi connectivity index (χ1v) is 7.14. The van der Waals surface area contributed by atoms with Crippen LogP contribution in [0.2, 0.25) is 0 Å². The van der Waals surface area contributed by atoms with Crippen LogP contribution in [-0.4, -0.2) is 24.7 Å². The number of carboxylic acid groups (broad SMARTS) is 1. The highest BCUT2D eigenvalue weighted by atomic mass is 79.9. The molecule has 0 saturated heterocycles. The van der Waals surface area contributed by atoms with E-state index in [0.717, 1.165) is 6.07 Å². The quantitative estimate of drug-likeness (QED) is 0.875. The number of nitrogens with one attached hydrogen (secondary N) is 1. The van der Waals surface area contributed by atoms with Crippen LogP contribution in [0, 0.1) is 0 Å². The summed E-state index contributed by atoms with van der Waals surface area (Å²) in [5.74, 6) is -1.21. The lowest BCUT2D eigenvalue weighted by molar-refractivity contribution is 0.0696. The van der Waals surface area contributed by atoms with Crippen molar-refractivity contribution < 1.29 is 22.8 Å². The summed E-state index contributed by atoms with van der Waals surface area (Å²) in [6, 6.07) is 5.02. The van der Waals surface area contributed by atoms with Crippen LogP contribution >= 0.6 is 15.9 Å². The number of aromatic carboxylic acids is 1. The minimum atomic E-state index is -3.95. The van der Waals surface area contributed by atoms with Crippen LogP contribution in [0.4, 0.5) is 5.82 Å². The molecule has 0 amide bonds. The summed E-state index contributed by atoms with van der Waals surface area (Å²) in [7, 11) is -3.95. The minimum Gasteiger partial charge on any atom is -0.478 e. The fourth-order valence-corrected chi connectivity index (χ4v) is 3.28. The molecule has 0 atom stereocenters. The number of benzene rings is 1. The van der Waals surface area contributed by atoms with E-state index in [1.54, 1.807) is 0 Å². The number of halogens is 1. The van der Waals surface area contributed by atoms with Gasteiger partial charge < -0.3 is 9.63 Å². The predicted molar refractivity (Wildman–Crippen MR) is 68.4 cm³/mol. The van der Waals surface area contributed by atoms with E-state index in [1.807, 2.05) is 0 Å². The fourth-order valence-electron chi connectivity index (χ4n) is 1.30. The van der Waals surface area contributed by atoms with Crippen molar-refractivity contribution in [2.24, 2.45) is 0 Å². The summed E-state index contributed by atoms with van der Waals surface area (Å²) in [4.78, 5) is 10.7. The highest BCUT2D eigenvalue weighted by Gasteiger charge is 2.20. The lowest BCUT2D eigenvalue weighted by atomic mass is 10.2. The van der Waals surface area contributed by atoms with E-state index in [9.17, 15) is 13.2 Å². The molecule has 2 N–H and O–H groups in total. The van der Waals surface area contributed by atoms with Gasteiger partial charge >= 0.3 is 5.97 Å². The maximum atomic E-state index is 12.1. The molecule has 0 unspecified atom stereocenters. The Kier molecular flexibility index (Phi) is 3.58. The molecule has 9 heteroatoms. The molecule has 7 nitrogen and oxygen atoms in total. The van der Waals surface area contributed by atoms with Crippen LogP contribution in [0.25, 0.3) is 0 Å². The van der Waals surface area contributed by atoms with Crippen LogP contribution in [0.5, 0.6) is 0 Å². The second-order valence-corrected chi connectivity index (χ2v) is 5.95. The van der Waals surface area contributed by atoms with Gasteiger partial charge in [-0.1, -0.05) is 5.16 Å². The number of hydrogen-bond acceptors (Lipinski definition) is 5. The molecule has 0 aliphatic rings. The number of sulfonamides is 1. The minimum absolute atomic E-state index is 0.00706. The van der Waals surface area contributed by atoms with E-state index in [0.29, 0.717) is 0 Å². The van der Waals surface area contributed by atoms with Gasteiger partial charge in [-0.2, -0.15) is 0 Å². The van der Waals surface area contributed by atoms with Crippen molar-refractivity contribution in [1.82, 2.24) is 5.16 Å². The Balaban J connectivity index is 2.45. The maximum Gasteiger partial charge on any atom is 0.335 e. The zero-order chi connectivity index (χ0) is 14.0. The van der Waals surface area contributed by atoms with Gasteiger partial charge in [-0.25, -0.2) is 13.2 Å². The molecule has 0 spiro atoms. The van der Waals surface area contributed by atoms with Gasteiger partial charge in [-0.15, -0.1) is 0 Å². The van der Waals surface area contributed by atoms with Crippen LogP contribution in [-0.2, 0) is 10.0 Å². The second-order valence-electron chi connectivity index (χ2n) is 3.44. The second kappa shape index (κ2) is 5.02. The van der Waals surface area contributed by atoms with Gasteiger partial charge in [0.25, 0.3) is 10.0 Å². The Bertz CT molecular complexity index is 712. The summed E-state index contributed by atoms with van der Waals surface area (Å²) in [6.07, 6.45) is 1.21. The number of anilines is 1. The zero-order valence-corrected chi connectivity index (χ0v) is 11.6. The van der Waals surface area contributed by atoms with Crippen molar-refractivity contribution in [2.75, 3.05) is 4.72 Å². The lowest BCUT2D eigenvalue weighted by Gasteiger charge is -2.07. The van der Waals surface area contributed by atoms with Crippen LogP contribution in [0.1, 0.15) is 10.4 Å². The molecule has 2 aromatic rings. The number of carboxylic acids is 1. The third-order valence-electron chi connectivity index (χ3n) is 2.14. The molecule has 0 saturated carbocycles. The Hall–Kier alpha value is -1.87.